The van der Waals surface area contributed by atoms with Gasteiger partial charge in [-0.2, -0.15) is 0 Å². The van der Waals surface area contributed by atoms with Crippen LogP contribution in [0.5, 0.6) is 5.75 Å². The maximum absolute atomic E-state index is 13.8. The molecule has 1 saturated carbocycles. The van der Waals surface area contributed by atoms with Crippen molar-refractivity contribution in [3.8, 4) is 5.75 Å². The van der Waals surface area contributed by atoms with Gasteiger partial charge in [-0.3, -0.25) is 19.3 Å². The van der Waals surface area contributed by atoms with Crippen LogP contribution in [0.25, 0.3) is 0 Å². The number of amides is 4. The number of ether oxygens (including phenoxy) is 1. The molecule has 2 aliphatic rings. The molecule has 2 unspecified atom stereocenters. The zero-order valence-electron chi connectivity index (χ0n) is 21.6. The van der Waals surface area contributed by atoms with Crippen molar-refractivity contribution in [2.24, 2.45) is 5.92 Å². The topological polar surface area (TPSA) is 141 Å². The van der Waals surface area contributed by atoms with Crippen LogP contribution in [0.1, 0.15) is 48.9 Å². The highest BCUT2D eigenvalue weighted by atomic mass is 35.5. The van der Waals surface area contributed by atoms with Gasteiger partial charge in [0.05, 0.1) is 19.1 Å². The molecule has 208 valence electrons. The number of methoxy groups -OCH3 is 1. The van der Waals surface area contributed by atoms with Crippen LogP contribution in [0.15, 0.2) is 42.6 Å². The van der Waals surface area contributed by atoms with Crippen LogP contribution in [0, 0.1) is 5.92 Å². The Kier molecular flexibility index (Phi) is 9.23. The van der Waals surface area contributed by atoms with Crippen molar-refractivity contribution >= 4 is 41.1 Å². The molecule has 2 atom stereocenters. The van der Waals surface area contributed by atoms with E-state index in [1.165, 1.54) is 35.2 Å². The van der Waals surface area contributed by atoms with E-state index >= 15 is 0 Å². The smallest absolute Gasteiger partial charge is 0.323 e. The van der Waals surface area contributed by atoms with Gasteiger partial charge in [-0.1, -0.05) is 30.9 Å². The van der Waals surface area contributed by atoms with Gasteiger partial charge < -0.3 is 25.4 Å². The quantitative estimate of drug-likeness (QED) is 0.421. The number of aromatic nitrogens is 1. The lowest BCUT2D eigenvalue weighted by atomic mass is 9.82. The highest BCUT2D eigenvalue weighted by Gasteiger charge is 2.44. The molecule has 1 aromatic heterocycles. The molecule has 39 heavy (non-hydrogen) atoms. The van der Waals surface area contributed by atoms with Gasteiger partial charge in [0.15, 0.2) is 6.17 Å². The summed E-state index contributed by atoms with van der Waals surface area (Å²) < 4.78 is 5.15. The van der Waals surface area contributed by atoms with Crippen LogP contribution in [-0.2, 0) is 9.59 Å². The molecule has 3 N–H and O–H groups in total. The molecule has 1 aliphatic carbocycles. The average molecular weight is 558 g/mol. The summed E-state index contributed by atoms with van der Waals surface area (Å²) in [5.41, 5.74) is 0.696. The van der Waals surface area contributed by atoms with Gasteiger partial charge >= 0.3 is 12.0 Å². The Balaban J connectivity index is 1.59. The van der Waals surface area contributed by atoms with E-state index in [0.29, 0.717) is 11.4 Å². The molecule has 11 nitrogen and oxygen atoms in total. The molecule has 0 bridgehead atoms. The second-order valence-corrected chi connectivity index (χ2v) is 10.1. The predicted octanol–water partition coefficient (Wildman–Crippen LogP) is 3.60. The maximum Gasteiger partial charge on any atom is 0.323 e. The van der Waals surface area contributed by atoms with E-state index in [0.717, 1.165) is 32.1 Å². The number of carbonyl (C=O) groups is 4. The normalized spacial score (nSPS) is 18.4. The van der Waals surface area contributed by atoms with Crippen LogP contribution < -0.4 is 15.4 Å². The Hall–Kier alpha value is -3.86. The van der Waals surface area contributed by atoms with Crippen molar-refractivity contribution in [1.82, 2.24) is 20.1 Å². The van der Waals surface area contributed by atoms with Gasteiger partial charge in [0.1, 0.15) is 10.9 Å². The molecule has 1 saturated heterocycles. The fourth-order valence-corrected chi connectivity index (χ4v) is 5.30. The Morgan fingerprint density at radius 1 is 1.05 bits per heavy atom. The molecule has 0 radical (unpaired) electrons. The number of anilines is 1. The van der Waals surface area contributed by atoms with Gasteiger partial charge in [0.2, 0.25) is 0 Å². The second kappa shape index (κ2) is 12.8. The fraction of sp³-hybridized carbons (Fsp3) is 0.444. The minimum Gasteiger partial charge on any atom is -0.497 e. The molecule has 2 aromatic rings. The predicted molar refractivity (Wildman–Crippen MR) is 144 cm³/mol. The van der Waals surface area contributed by atoms with Crippen molar-refractivity contribution in [2.75, 3.05) is 25.5 Å². The molecular formula is C27H32ClN5O6. The van der Waals surface area contributed by atoms with E-state index in [4.69, 9.17) is 16.3 Å². The van der Waals surface area contributed by atoms with E-state index in [2.05, 4.69) is 15.6 Å². The number of carboxylic acids is 1. The van der Waals surface area contributed by atoms with Crippen molar-refractivity contribution in [3.63, 3.8) is 0 Å². The lowest BCUT2D eigenvalue weighted by molar-refractivity contribution is -0.138. The first-order chi connectivity index (χ1) is 18.8. The summed E-state index contributed by atoms with van der Waals surface area (Å²) >= 11 is 5.87. The van der Waals surface area contributed by atoms with Crippen LogP contribution in [-0.4, -0.2) is 76.1 Å². The standard InChI is InChI=1S/C27H32ClN5O6/c1-39-20-10-8-19(9-11-20)30-27(38)33-14-13-32(26(37)18-7-12-22(28)29-16-18)25(33)24(36)31-21(15-23(34)35)17-5-3-2-4-6-17/h7-12,16-17,21,25H,2-6,13-15H2,1H3,(H,30,38)(H,31,36)(H,34,35). The fourth-order valence-electron chi connectivity index (χ4n) is 5.19. The average Bonchev–Trinajstić information content (AvgIpc) is 3.39. The van der Waals surface area contributed by atoms with Crippen LogP contribution in [0.2, 0.25) is 5.15 Å². The van der Waals surface area contributed by atoms with E-state index in [1.807, 2.05) is 0 Å². The van der Waals surface area contributed by atoms with Gasteiger partial charge in [0.25, 0.3) is 11.8 Å². The number of carboxylic acid groups (broad SMARTS) is 1. The molecule has 2 fully saturated rings. The van der Waals surface area contributed by atoms with Gasteiger partial charge in [-0.25, -0.2) is 9.78 Å². The van der Waals surface area contributed by atoms with Crippen LogP contribution >= 0.6 is 11.6 Å². The molecule has 12 heteroatoms. The minimum absolute atomic E-state index is 0.00592. The third-order valence-electron chi connectivity index (χ3n) is 7.19. The van der Waals surface area contributed by atoms with Crippen LogP contribution in [0.4, 0.5) is 10.5 Å². The maximum atomic E-state index is 13.8. The summed E-state index contributed by atoms with van der Waals surface area (Å²) in [7, 11) is 1.54. The number of benzene rings is 1. The summed E-state index contributed by atoms with van der Waals surface area (Å²) in [6.45, 7) is 0.197. The minimum atomic E-state index is -1.29. The zero-order valence-corrected chi connectivity index (χ0v) is 22.4. The van der Waals surface area contributed by atoms with Crippen molar-refractivity contribution in [1.29, 1.82) is 0 Å². The Labute approximate surface area is 231 Å². The van der Waals surface area contributed by atoms with Gasteiger partial charge in [0, 0.05) is 31.0 Å². The Morgan fingerprint density at radius 3 is 2.36 bits per heavy atom. The summed E-state index contributed by atoms with van der Waals surface area (Å²) in [6, 6.07) is 8.49. The van der Waals surface area contributed by atoms with E-state index in [-0.39, 0.29) is 36.1 Å². The third kappa shape index (κ3) is 6.97. The summed E-state index contributed by atoms with van der Waals surface area (Å²) in [6.07, 6.45) is 4.41. The lowest BCUT2D eigenvalue weighted by Gasteiger charge is -2.34. The second-order valence-electron chi connectivity index (χ2n) is 9.70. The van der Waals surface area contributed by atoms with E-state index in [1.54, 1.807) is 24.3 Å². The summed E-state index contributed by atoms with van der Waals surface area (Å²) in [5.74, 6) is -1.50. The highest BCUT2D eigenvalue weighted by Crippen LogP contribution is 2.29. The molecule has 4 rings (SSSR count). The number of halogens is 1. The molecule has 2 heterocycles. The van der Waals surface area contributed by atoms with Gasteiger partial charge in [-0.05, 0) is 55.2 Å². The first-order valence-electron chi connectivity index (χ1n) is 12.9. The highest BCUT2D eigenvalue weighted by molar-refractivity contribution is 6.29. The third-order valence-corrected chi connectivity index (χ3v) is 7.41. The molecule has 1 aliphatic heterocycles. The Bertz CT molecular complexity index is 1190. The number of hydrogen-bond acceptors (Lipinski definition) is 6. The number of hydrogen-bond donors (Lipinski definition) is 3. The van der Waals surface area contributed by atoms with Crippen molar-refractivity contribution < 1.29 is 29.0 Å². The van der Waals surface area contributed by atoms with Crippen LogP contribution in [0.3, 0.4) is 0 Å². The van der Waals surface area contributed by atoms with E-state index < -0.39 is 36.0 Å². The number of rotatable bonds is 8. The molecule has 0 spiro atoms. The molecular weight excluding hydrogens is 526 g/mol. The Morgan fingerprint density at radius 2 is 1.74 bits per heavy atom. The first kappa shape index (κ1) is 28.2. The van der Waals surface area contributed by atoms with Crippen molar-refractivity contribution in [3.05, 3.63) is 53.3 Å². The van der Waals surface area contributed by atoms with Crippen molar-refractivity contribution in [2.45, 2.75) is 50.7 Å². The number of nitrogens with zero attached hydrogens (tertiary/aromatic N) is 3. The molecule has 4 amide bonds. The number of carbonyl (C=O) groups excluding carboxylic acids is 3. The largest absolute Gasteiger partial charge is 0.497 e. The number of pyridine rings is 1. The number of urea groups is 1. The lowest BCUT2D eigenvalue weighted by Crippen LogP contribution is -2.57. The van der Waals surface area contributed by atoms with E-state index in [9.17, 15) is 24.3 Å². The summed E-state index contributed by atoms with van der Waals surface area (Å²) in [5, 5.41) is 15.4. The number of aliphatic carboxylic acids is 1. The monoisotopic (exact) mass is 557 g/mol. The first-order valence-corrected chi connectivity index (χ1v) is 13.3. The number of nitrogens with one attached hydrogen (secondary N) is 2. The SMILES string of the molecule is COc1ccc(NC(=O)N2CCN(C(=O)c3ccc(Cl)nc3)C2C(=O)NC(CC(=O)O)C2CCCCC2)cc1. The molecule has 1 aromatic carbocycles. The van der Waals surface area contributed by atoms with Gasteiger partial charge in [-0.15, -0.1) is 0 Å². The summed E-state index contributed by atoms with van der Waals surface area (Å²) in [4.78, 5) is 58.7. The zero-order chi connectivity index (χ0) is 27.9.